The maximum atomic E-state index is 5.76. The molecule has 0 heterocycles. The molecule has 0 saturated heterocycles. The van der Waals surface area contributed by atoms with E-state index in [-0.39, 0.29) is 6.04 Å². The van der Waals surface area contributed by atoms with E-state index >= 15 is 0 Å². The van der Waals surface area contributed by atoms with Crippen LogP contribution in [0.15, 0.2) is 24.3 Å². The smallest absolute Gasteiger partial charge is 0.119 e. The van der Waals surface area contributed by atoms with E-state index in [0.717, 1.165) is 29.4 Å². The lowest BCUT2D eigenvalue weighted by Crippen LogP contribution is -2.05. The summed E-state index contributed by atoms with van der Waals surface area (Å²) in [7, 11) is 0. The van der Waals surface area contributed by atoms with Gasteiger partial charge in [-0.3, -0.25) is 0 Å². The Hall–Kier alpha value is -0.670. The molecule has 0 bridgehead atoms. The average Bonchev–Trinajstić information content (AvgIpc) is 2.25. The first-order valence-corrected chi connectivity index (χ1v) is 6.45. The zero-order chi connectivity index (χ0) is 11.1. The second-order valence-electron chi connectivity index (χ2n) is 3.40. The molecule has 2 N–H and O–H groups in total. The fourth-order valence-corrected chi connectivity index (χ4v) is 1.72. The number of nitrogens with two attached hydrogens (primary N) is 1. The first-order valence-electron chi connectivity index (χ1n) is 5.30. The zero-order valence-corrected chi connectivity index (χ0v) is 10.2. The summed E-state index contributed by atoms with van der Waals surface area (Å²) in [6.45, 7) is 4.91. The van der Waals surface area contributed by atoms with Crippen molar-refractivity contribution in [1.82, 2.24) is 0 Å². The molecule has 1 unspecified atom stereocenters. The van der Waals surface area contributed by atoms with Gasteiger partial charge in [-0.25, -0.2) is 0 Å². The van der Waals surface area contributed by atoms with Gasteiger partial charge in [-0.2, -0.15) is 11.8 Å². The Balaban J connectivity index is 2.36. The predicted octanol–water partition coefficient (Wildman–Crippen LogP) is 2.84. The van der Waals surface area contributed by atoms with Gasteiger partial charge in [0, 0.05) is 11.8 Å². The molecule has 2 nitrogen and oxygen atoms in total. The number of benzene rings is 1. The van der Waals surface area contributed by atoms with Crippen molar-refractivity contribution in [2.24, 2.45) is 5.73 Å². The molecule has 0 saturated carbocycles. The van der Waals surface area contributed by atoms with Gasteiger partial charge in [0.25, 0.3) is 0 Å². The highest BCUT2D eigenvalue weighted by Crippen LogP contribution is 2.16. The molecule has 0 aliphatic heterocycles. The van der Waals surface area contributed by atoms with Gasteiger partial charge in [0.2, 0.25) is 0 Å². The Labute approximate surface area is 96.2 Å². The van der Waals surface area contributed by atoms with E-state index in [1.807, 2.05) is 43.0 Å². The van der Waals surface area contributed by atoms with Crippen LogP contribution in [0.3, 0.4) is 0 Å². The van der Waals surface area contributed by atoms with Crippen LogP contribution in [0.2, 0.25) is 0 Å². The molecule has 0 spiro atoms. The highest BCUT2D eigenvalue weighted by molar-refractivity contribution is 7.99. The molecule has 0 fully saturated rings. The van der Waals surface area contributed by atoms with Crippen LogP contribution in [-0.2, 0) is 0 Å². The zero-order valence-electron chi connectivity index (χ0n) is 9.40. The van der Waals surface area contributed by atoms with E-state index in [4.69, 9.17) is 10.5 Å². The number of hydrogen-bond acceptors (Lipinski definition) is 3. The van der Waals surface area contributed by atoms with Crippen LogP contribution in [0, 0.1) is 0 Å². The van der Waals surface area contributed by atoms with Crippen molar-refractivity contribution < 1.29 is 4.74 Å². The number of ether oxygens (including phenoxy) is 1. The first kappa shape index (κ1) is 12.4. The van der Waals surface area contributed by atoms with E-state index in [0.29, 0.717) is 0 Å². The fraction of sp³-hybridized carbons (Fsp3) is 0.500. The molecular formula is C12H19NOS. The Morgan fingerprint density at radius 1 is 1.33 bits per heavy atom. The summed E-state index contributed by atoms with van der Waals surface area (Å²) in [6.07, 6.45) is 0. The number of thioether (sulfide) groups is 1. The molecule has 0 radical (unpaired) electrons. The lowest BCUT2D eigenvalue weighted by atomic mass is 10.1. The lowest BCUT2D eigenvalue weighted by molar-refractivity contribution is 0.344. The van der Waals surface area contributed by atoms with Crippen LogP contribution >= 0.6 is 11.8 Å². The second-order valence-corrected chi connectivity index (χ2v) is 4.80. The van der Waals surface area contributed by atoms with E-state index in [9.17, 15) is 0 Å². The highest BCUT2D eigenvalue weighted by atomic mass is 32.2. The van der Waals surface area contributed by atoms with Gasteiger partial charge < -0.3 is 10.5 Å². The van der Waals surface area contributed by atoms with Crippen molar-refractivity contribution in [2.45, 2.75) is 19.9 Å². The first-order chi connectivity index (χ1) is 7.24. The summed E-state index contributed by atoms with van der Waals surface area (Å²) in [5.74, 6) is 3.12. The summed E-state index contributed by atoms with van der Waals surface area (Å²) in [5.41, 5.74) is 6.90. The van der Waals surface area contributed by atoms with E-state index in [1.54, 1.807) is 0 Å². The third kappa shape index (κ3) is 4.58. The molecule has 3 heteroatoms. The minimum Gasteiger partial charge on any atom is -0.493 e. The van der Waals surface area contributed by atoms with Crippen LogP contribution in [0.4, 0.5) is 0 Å². The summed E-state index contributed by atoms with van der Waals surface area (Å²) in [4.78, 5) is 0. The van der Waals surface area contributed by atoms with Crippen LogP contribution in [-0.4, -0.2) is 18.1 Å². The van der Waals surface area contributed by atoms with Crippen LogP contribution < -0.4 is 10.5 Å². The maximum absolute atomic E-state index is 5.76. The quantitative estimate of drug-likeness (QED) is 0.756. The Bertz CT molecular complexity index is 271. The summed E-state index contributed by atoms with van der Waals surface area (Å²) in [5, 5.41) is 0. The third-order valence-corrected chi connectivity index (χ3v) is 2.97. The largest absolute Gasteiger partial charge is 0.493 e. The maximum Gasteiger partial charge on any atom is 0.119 e. The van der Waals surface area contributed by atoms with E-state index in [2.05, 4.69) is 6.92 Å². The third-order valence-electron chi connectivity index (χ3n) is 2.11. The minimum atomic E-state index is 0.0923. The summed E-state index contributed by atoms with van der Waals surface area (Å²) < 4.78 is 5.58. The average molecular weight is 225 g/mol. The molecule has 1 rings (SSSR count). The minimum absolute atomic E-state index is 0.0923. The van der Waals surface area contributed by atoms with Crippen LogP contribution in [0.25, 0.3) is 0 Å². The summed E-state index contributed by atoms with van der Waals surface area (Å²) >= 11 is 1.89. The molecule has 0 aliphatic carbocycles. The molecule has 0 aliphatic rings. The number of hydrogen-bond donors (Lipinski definition) is 1. The Kier molecular flexibility index (Phi) is 5.58. The molecule has 1 aromatic rings. The van der Waals surface area contributed by atoms with Gasteiger partial charge in [0.05, 0.1) is 6.61 Å². The number of rotatable bonds is 6. The molecule has 0 aromatic heterocycles. The molecule has 1 aromatic carbocycles. The van der Waals surface area contributed by atoms with Crippen molar-refractivity contribution in [3.05, 3.63) is 29.8 Å². The lowest BCUT2D eigenvalue weighted by Gasteiger charge is -2.08. The van der Waals surface area contributed by atoms with E-state index < -0.39 is 0 Å². The van der Waals surface area contributed by atoms with Crippen molar-refractivity contribution in [1.29, 1.82) is 0 Å². The van der Waals surface area contributed by atoms with Crippen molar-refractivity contribution in [3.63, 3.8) is 0 Å². The highest BCUT2D eigenvalue weighted by Gasteiger charge is 1.99. The molecule has 1 atom stereocenters. The van der Waals surface area contributed by atoms with Crippen molar-refractivity contribution >= 4 is 11.8 Å². The topological polar surface area (TPSA) is 35.2 Å². The molecule has 0 amide bonds. The van der Waals surface area contributed by atoms with Gasteiger partial charge in [-0.15, -0.1) is 0 Å². The molecule has 84 valence electrons. The van der Waals surface area contributed by atoms with Crippen molar-refractivity contribution in [3.8, 4) is 5.75 Å². The molecule has 15 heavy (non-hydrogen) atoms. The second kappa shape index (κ2) is 6.75. The SMILES string of the molecule is CCSCCOc1ccc(C(C)N)cc1. The van der Waals surface area contributed by atoms with E-state index in [1.165, 1.54) is 0 Å². The van der Waals surface area contributed by atoms with Gasteiger partial charge in [0.1, 0.15) is 5.75 Å². The fourth-order valence-electron chi connectivity index (χ4n) is 1.23. The molecular weight excluding hydrogens is 206 g/mol. The monoisotopic (exact) mass is 225 g/mol. The van der Waals surface area contributed by atoms with Gasteiger partial charge >= 0.3 is 0 Å². The van der Waals surface area contributed by atoms with Gasteiger partial charge in [-0.1, -0.05) is 19.1 Å². The van der Waals surface area contributed by atoms with Crippen LogP contribution in [0.5, 0.6) is 5.75 Å². The Morgan fingerprint density at radius 2 is 2.00 bits per heavy atom. The standard InChI is InChI=1S/C12H19NOS/c1-3-15-9-8-14-12-6-4-11(5-7-12)10(2)13/h4-7,10H,3,8-9,13H2,1-2H3. The Morgan fingerprint density at radius 3 is 2.53 bits per heavy atom. The van der Waals surface area contributed by atoms with Gasteiger partial charge in [-0.05, 0) is 30.4 Å². The predicted molar refractivity (Wildman–Crippen MR) is 67.5 cm³/mol. The summed E-state index contributed by atoms with van der Waals surface area (Å²) in [6, 6.07) is 8.10. The van der Waals surface area contributed by atoms with Crippen LogP contribution in [0.1, 0.15) is 25.5 Å². The van der Waals surface area contributed by atoms with Gasteiger partial charge in [0.15, 0.2) is 0 Å². The van der Waals surface area contributed by atoms with Crippen molar-refractivity contribution in [2.75, 3.05) is 18.1 Å². The normalized spacial score (nSPS) is 12.5.